The Labute approximate surface area is 262 Å². The van der Waals surface area contributed by atoms with Crippen LogP contribution in [0.25, 0.3) is 20.2 Å². The van der Waals surface area contributed by atoms with Gasteiger partial charge in [-0.05, 0) is 56.2 Å². The standard InChI is InChI=1S/C37H49N3O2S/c1-5-7-8-9-10-11-12-13-14-15-16-17-18-20-34(41)38-36-39-37(3,27-35(42)40(36)4)29-22-24-33-31(26-29)30-25-28(19-6-2)21-23-32(30)43-33/h21-26H,5,7-18,20,27H2,1-4H3,(H,38,39,41)/t37-/m0/s1. The molecule has 0 spiro atoms. The van der Waals surface area contributed by atoms with Crippen molar-refractivity contribution in [2.75, 3.05) is 7.05 Å². The Morgan fingerprint density at radius 2 is 1.49 bits per heavy atom. The van der Waals surface area contributed by atoms with E-state index in [1.54, 1.807) is 18.4 Å². The summed E-state index contributed by atoms with van der Waals surface area (Å²) >= 11 is 1.76. The van der Waals surface area contributed by atoms with Crippen LogP contribution >= 0.6 is 11.3 Å². The highest BCUT2D eigenvalue weighted by Gasteiger charge is 2.39. The monoisotopic (exact) mass is 599 g/mol. The molecule has 0 bridgehead atoms. The first kappa shape index (κ1) is 32.7. The number of amides is 2. The Morgan fingerprint density at radius 1 is 0.907 bits per heavy atom. The van der Waals surface area contributed by atoms with Crippen molar-refractivity contribution in [1.29, 1.82) is 0 Å². The van der Waals surface area contributed by atoms with Gasteiger partial charge < -0.3 is 5.32 Å². The van der Waals surface area contributed by atoms with E-state index < -0.39 is 5.54 Å². The second-order valence-electron chi connectivity index (χ2n) is 12.3. The lowest BCUT2D eigenvalue weighted by atomic mass is 9.86. The minimum atomic E-state index is -0.665. The molecule has 2 heterocycles. The molecule has 1 aromatic heterocycles. The minimum Gasteiger partial charge on any atom is -0.346 e. The van der Waals surface area contributed by atoms with Crippen LogP contribution in [0.15, 0.2) is 41.4 Å². The van der Waals surface area contributed by atoms with Gasteiger partial charge in [0.1, 0.15) is 0 Å². The molecule has 1 fully saturated rings. The largest absolute Gasteiger partial charge is 0.346 e. The number of nitrogens with zero attached hydrogens (tertiary/aromatic N) is 2. The molecule has 2 aromatic carbocycles. The maximum Gasteiger partial charge on any atom is 0.248 e. The van der Waals surface area contributed by atoms with Gasteiger partial charge in [-0.25, -0.2) is 0 Å². The maximum atomic E-state index is 13.1. The van der Waals surface area contributed by atoms with E-state index in [0.717, 1.165) is 29.4 Å². The molecule has 1 N–H and O–H groups in total. The van der Waals surface area contributed by atoms with Gasteiger partial charge in [-0.3, -0.25) is 14.5 Å². The molecule has 1 saturated heterocycles. The Balaban J connectivity index is 1.30. The molecule has 0 saturated carbocycles. The van der Waals surface area contributed by atoms with E-state index in [0.29, 0.717) is 12.4 Å². The Hall–Kier alpha value is -3.17. The van der Waals surface area contributed by atoms with Crippen LogP contribution in [0.5, 0.6) is 0 Å². The first-order valence-electron chi connectivity index (χ1n) is 16.4. The number of thiophene rings is 1. The second-order valence-corrected chi connectivity index (χ2v) is 13.4. The van der Waals surface area contributed by atoms with Gasteiger partial charge in [-0.15, -0.1) is 17.3 Å². The zero-order valence-corrected chi connectivity index (χ0v) is 27.5. The summed E-state index contributed by atoms with van der Waals surface area (Å²) in [5.74, 6) is 6.26. The van der Waals surface area contributed by atoms with Gasteiger partial charge in [0.05, 0.1) is 12.0 Å². The summed E-state index contributed by atoms with van der Waals surface area (Å²) in [6.45, 7) is 6.14. The number of aliphatic imine (C=N–C) groups is 1. The molecule has 0 radical (unpaired) electrons. The van der Waals surface area contributed by atoms with E-state index in [4.69, 9.17) is 0 Å². The van der Waals surface area contributed by atoms with Crippen molar-refractivity contribution in [2.24, 2.45) is 4.99 Å². The summed E-state index contributed by atoms with van der Waals surface area (Å²) in [5.41, 5.74) is 1.33. The fourth-order valence-electron chi connectivity index (χ4n) is 6.00. The van der Waals surface area contributed by atoms with E-state index in [-0.39, 0.29) is 18.2 Å². The number of carbonyl (C=O) groups excluding carboxylic acids is 2. The van der Waals surface area contributed by atoms with Crippen LogP contribution < -0.4 is 5.32 Å². The summed E-state index contributed by atoms with van der Waals surface area (Å²) in [7, 11) is 1.69. The van der Waals surface area contributed by atoms with Crippen LogP contribution in [0, 0.1) is 11.8 Å². The molecule has 4 rings (SSSR count). The number of fused-ring (bicyclic) bond motifs is 3. The molecule has 0 unspecified atom stereocenters. The number of carbonyl (C=O) groups is 2. The zero-order valence-electron chi connectivity index (χ0n) is 26.7. The first-order chi connectivity index (χ1) is 20.8. The van der Waals surface area contributed by atoms with Crippen LogP contribution in [0.1, 0.15) is 128 Å². The SMILES string of the molecule is CC#Cc1ccc2sc3ccc([C@]4(C)CC(=O)N(C)/C(=N\C(=O)CCCCCCCCCCCCCCC)N4)cc3c2c1. The van der Waals surface area contributed by atoms with Gasteiger partial charge in [-0.2, -0.15) is 4.99 Å². The molecule has 0 aliphatic carbocycles. The van der Waals surface area contributed by atoms with E-state index in [2.05, 4.69) is 65.5 Å². The highest BCUT2D eigenvalue weighted by atomic mass is 32.1. The Kier molecular flexibility index (Phi) is 12.2. The first-order valence-corrected chi connectivity index (χ1v) is 17.2. The fraction of sp³-hybridized carbons (Fsp3) is 0.541. The van der Waals surface area contributed by atoms with Crippen LogP contribution in [0.3, 0.4) is 0 Å². The van der Waals surface area contributed by atoms with Gasteiger partial charge in [0, 0.05) is 39.2 Å². The molecule has 1 atom stereocenters. The number of guanidine groups is 1. The number of hydrogen-bond acceptors (Lipinski definition) is 3. The number of nitrogens with one attached hydrogen (secondary N) is 1. The average molecular weight is 600 g/mol. The lowest BCUT2D eigenvalue weighted by molar-refractivity contribution is -0.129. The fourth-order valence-corrected chi connectivity index (χ4v) is 7.07. The molecule has 5 nitrogen and oxygen atoms in total. The molecule has 3 aromatic rings. The summed E-state index contributed by atoms with van der Waals surface area (Å²) < 4.78 is 2.41. The van der Waals surface area contributed by atoms with Crippen LogP contribution in [0.4, 0.5) is 0 Å². The van der Waals surface area contributed by atoms with Gasteiger partial charge in [-0.1, -0.05) is 96.0 Å². The number of hydrogen-bond donors (Lipinski definition) is 1. The second kappa shape index (κ2) is 16.1. The normalized spacial score (nSPS) is 17.8. The molecule has 43 heavy (non-hydrogen) atoms. The quantitative estimate of drug-likeness (QED) is 0.140. The lowest BCUT2D eigenvalue weighted by Gasteiger charge is -2.40. The Bertz CT molecular complexity index is 1490. The van der Waals surface area contributed by atoms with Crippen LogP contribution in [0.2, 0.25) is 0 Å². The third-order valence-corrected chi connectivity index (χ3v) is 9.84. The predicted molar refractivity (Wildman–Crippen MR) is 183 cm³/mol. The van der Waals surface area contributed by atoms with Gasteiger partial charge in [0.25, 0.3) is 0 Å². The topological polar surface area (TPSA) is 61.8 Å². The van der Waals surface area contributed by atoms with Gasteiger partial charge >= 0.3 is 0 Å². The van der Waals surface area contributed by atoms with Crippen molar-refractivity contribution in [2.45, 2.75) is 123 Å². The van der Waals surface area contributed by atoms with Crippen molar-refractivity contribution < 1.29 is 9.59 Å². The van der Waals surface area contributed by atoms with E-state index in [1.165, 1.54) is 90.3 Å². The van der Waals surface area contributed by atoms with Crippen molar-refractivity contribution >= 4 is 49.3 Å². The molecular weight excluding hydrogens is 550 g/mol. The summed E-state index contributed by atoms with van der Waals surface area (Å²) in [4.78, 5) is 31.8. The average Bonchev–Trinajstić information content (AvgIpc) is 3.35. The van der Waals surface area contributed by atoms with Crippen molar-refractivity contribution in [1.82, 2.24) is 10.2 Å². The minimum absolute atomic E-state index is 0.0514. The smallest absolute Gasteiger partial charge is 0.248 e. The number of benzene rings is 2. The van der Waals surface area contributed by atoms with Crippen LogP contribution in [-0.4, -0.2) is 29.7 Å². The van der Waals surface area contributed by atoms with Crippen molar-refractivity contribution in [3.05, 3.63) is 47.5 Å². The highest BCUT2D eigenvalue weighted by molar-refractivity contribution is 7.25. The summed E-state index contributed by atoms with van der Waals surface area (Å²) in [6, 6.07) is 12.7. The van der Waals surface area contributed by atoms with Crippen molar-refractivity contribution in [3.8, 4) is 11.8 Å². The third-order valence-electron chi connectivity index (χ3n) is 8.68. The molecule has 6 heteroatoms. The lowest BCUT2D eigenvalue weighted by Crippen LogP contribution is -2.58. The molecular formula is C37H49N3O2S. The zero-order chi connectivity index (χ0) is 30.7. The molecule has 230 valence electrons. The number of unbranched alkanes of at least 4 members (excludes halogenated alkanes) is 12. The molecule has 1 aliphatic heterocycles. The van der Waals surface area contributed by atoms with E-state index in [9.17, 15) is 9.59 Å². The molecule has 1 aliphatic rings. The van der Waals surface area contributed by atoms with E-state index in [1.807, 2.05) is 13.8 Å². The summed E-state index contributed by atoms with van der Waals surface area (Å²) in [5, 5.41) is 5.79. The predicted octanol–water partition coefficient (Wildman–Crippen LogP) is 9.46. The summed E-state index contributed by atoms with van der Waals surface area (Å²) in [6.07, 6.45) is 17.2. The molecule has 2 amide bonds. The third kappa shape index (κ3) is 8.92. The number of rotatable bonds is 15. The highest BCUT2D eigenvalue weighted by Crippen LogP contribution is 2.38. The maximum absolute atomic E-state index is 13.1. The van der Waals surface area contributed by atoms with Crippen LogP contribution in [-0.2, 0) is 15.1 Å². The Morgan fingerprint density at radius 3 is 2.12 bits per heavy atom. The van der Waals surface area contributed by atoms with Gasteiger partial charge in [0.2, 0.25) is 17.8 Å². The van der Waals surface area contributed by atoms with Crippen molar-refractivity contribution in [3.63, 3.8) is 0 Å². The van der Waals surface area contributed by atoms with E-state index >= 15 is 0 Å². The van der Waals surface area contributed by atoms with Gasteiger partial charge in [0.15, 0.2) is 0 Å².